The van der Waals surface area contributed by atoms with Crippen LogP contribution in [0.1, 0.15) is 11.1 Å². The van der Waals surface area contributed by atoms with Gasteiger partial charge in [-0.25, -0.2) is 0 Å². The monoisotopic (exact) mass is 173 g/mol. The fraction of sp³-hybridized carbons (Fsp3) is 0.222. The van der Waals surface area contributed by atoms with Gasteiger partial charge in [0.05, 0.1) is 6.42 Å². The highest BCUT2D eigenvalue weighted by atomic mass is 19.4. The molecule has 0 atom stereocenters. The quantitative estimate of drug-likeness (QED) is 0.612. The highest BCUT2D eigenvalue weighted by molar-refractivity contribution is 5.28. The van der Waals surface area contributed by atoms with E-state index in [1.165, 1.54) is 12.1 Å². The summed E-state index contributed by atoms with van der Waals surface area (Å²) in [7, 11) is 0. The molecule has 1 aromatic carbocycles. The fourth-order valence-corrected chi connectivity index (χ4v) is 0.949. The second kappa shape index (κ2) is 3.17. The van der Waals surface area contributed by atoms with Crippen molar-refractivity contribution in [3.8, 4) is 0 Å². The molecule has 12 heavy (non-hydrogen) atoms. The molecule has 1 aromatic rings. The first kappa shape index (κ1) is 9.10. The van der Waals surface area contributed by atoms with Crippen LogP contribution in [0.25, 0.3) is 0 Å². The van der Waals surface area contributed by atoms with E-state index >= 15 is 0 Å². The molecule has 0 N–H and O–H groups in total. The van der Waals surface area contributed by atoms with Gasteiger partial charge in [0.1, 0.15) is 0 Å². The summed E-state index contributed by atoms with van der Waals surface area (Å²) in [5.74, 6) is 0. The Morgan fingerprint density at radius 3 is 2.42 bits per heavy atom. The van der Waals surface area contributed by atoms with Crippen LogP contribution in [0.3, 0.4) is 0 Å². The van der Waals surface area contributed by atoms with Gasteiger partial charge in [-0.2, -0.15) is 13.2 Å². The van der Waals surface area contributed by atoms with Crippen LogP contribution in [0, 0.1) is 13.3 Å². The minimum atomic E-state index is -4.23. The molecule has 1 radical (unpaired) electrons. The molecule has 0 aliphatic carbocycles. The van der Waals surface area contributed by atoms with Gasteiger partial charge in [-0.15, -0.1) is 0 Å². The van der Waals surface area contributed by atoms with E-state index < -0.39 is 6.18 Å². The molecule has 0 saturated heterocycles. The smallest absolute Gasteiger partial charge is 0.170 e. The molecule has 0 heterocycles. The Morgan fingerprint density at radius 1 is 1.25 bits per heavy atom. The van der Waals surface area contributed by atoms with Gasteiger partial charge < -0.3 is 0 Å². The van der Waals surface area contributed by atoms with Crippen LogP contribution in [0.15, 0.2) is 24.3 Å². The van der Waals surface area contributed by atoms with E-state index in [9.17, 15) is 13.2 Å². The van der Waals surface area contributed by atoms with Crippen LogP contribution in [0.5, 0.6) is 0 Å². The molecule has 0 amide bonds. The van der Waals surface area contributed by atoms with Crippen molar-refractivity contribution in [2.24, 2.45) is 0 Å². The van der Waals surface area contributed by atoms with E-state index in [1.54, 1.807) is 19.1 Å². The minimum Gasteiger partial charge on any atom is -0.170 e. The van der Waals surface area contributed by atoms with E-state index in [0.717, 1.165) is 5.56 Å². The summed E-state index contributed by atoms with van der Waals surface area (Å²) < 4.78 is 35.5. The van der Waals surface area contributed by atoms with Gasteiger partial charge in [0.2, 0.25) is 0 Å². The SMILES string of the molecule is Cc1cccc([CH]C(F)(F)F)c1. The van der Waals surface area contributed by atoms with Gasteiger partial charge >= 0.3 is 6.18 Å². The maximum Gasteiger partial charge on any atom is 0.396 e. The molecular weight excluding hydrogens is 165 g/mol. The second-order valence-electron chi connectivity index (χ2n) is 2.60. The standard InChI is InChI=1S/C9H8F3/c1-7-3-2-4-8(5-7)6-9(10,11)12/h2-6H,1H3. The first-order valence-corrected chi connectivity index (χ1v) is 3.47. The Bertz CT molecular complexity index is 263. The summed E-state index contributed by atoms with van der Waals surface area (Å²) in [5.41, 5.74) is 1.02. The molecule has 3 heteroatoms. The number of halogens is 3. The molecule has 1 rings (SSSR count). The second-order valence-corrected chi connectivity index (χ2v) is 2.60. The van der Waals surface area contributed by atoms with Gasteiger partial charge in [-0.3, -0.25) is 0 Å². The lowest BCUT2D eigenvalue weighted by Gasteiger charge is -2.05. The lowest BCUT2D eigenvalue weighted by molar-refractivity contribution is -0.0927. The summed E-state index contributed by atoms with van der Waals surface area (Å²) in [6.07, 6.45) is -3.94. The average molecular weight is 173 g/mol. The molecule has 0 nitrogen and oxygen atoms in total. The predicted molar refractivity (Wildman–Crippen MR) is 40.6 cm³/mol. The molecule has 0 saturated carbocycles. The third-order valence-electron chi connectivity index (χ3n) is 1.37. The topological polar surface area (TPSA) is 0 Å². The summed E-state index contributed by atoms with van der Waals surface area (Å²) >= 11 is 0. The van der Waals surface area contributed by atoms with Crippen LogP contribution < -0.4 is 0 Å². The Balaban J connectivity index is 2.77. The fourth-order valence-electron chi connectivity index (χ4n) is 0.949. The van der Waals surface area contributed by atoms with Gasteiger partial charge in [-0.1, -0.05) is 29.8 Å². The molecule has 0 aromatic heterocycles. The van der Waals surface area contributed by atoms with Gasteiger partial charge in [0.15, 0.2) is 0 Å². The molecule has 0 fully saturated rings. The van der Waals surface area contributed by atoms with Crippen molar-refractivity contribution in [1.29, 1.82) is 0 Å². The van der Waals surface area contributed by atoms with Crippen molar-refractivity contribution in [2.75, 3.05) is 0 Å². The normalized spacial score (nSPS) is 11.7. The molecule has 0 aliphatic heterocycles. The predicted octanol–water partition coefficient (Wildman–Crippen LogP) is 3.11. The Hall–Kier alpha value is -0.990. The first-order valence-electron chi connectivity index (χ1n) is 3.47. The zero-order chi connectivity index (χ0) is 9.19. The van der Waals surface area contributed by atoms with Crippen LogP contribution in [0.2, 0.25) is 0 Å². The van der Waals surface area contributed by atoms with Crippen molar-refractivity contribution >= 4 is 0 Å². The average Bonchev–Trinajstić information content (AvgIpc) is 1.82. The zero-order valence-corrected chi connectivity index (χ0v) is 6.52. The Labute approximate surface area is 69.0 Å². The highest BCUT2D eigenvalue weighted by Gasteiger charge is 2.27. The van der Waals surface area contributed by atoms with Gasteiger partial charge in [-0.05, 0) is 12.5 Å². The van der Waals surface area contributed by atoms with E-state index in [4.69, 9.17) is 0 Å². The van der Waals surface area contributed by atoms with Gasteiger partial charge in [0.25, 0.3) is 0 Å². The third kappa shape index (κ3) is 2.95. The number of hydrogen-bond donors (Lipinski definition) is 0. The van der Waals surface area contributed by atoms with Crippen LogP contribution in [0.4, 0.5) is 13.2 Å². The molecular formula is C9H8F3. The van der Waals surface area contributed by atoms with Crippen molar-refractivity contribution < 1.29 is 13.2 Å². The molecule has 0 bridgehead atoms. The van der Waals surface area contributed by atoms with E-state index in [0.29, 0.717) is 6.42 Å². The van der Waals surface area contributed by atoms with Crippen LogP contribution in [-0.4, -0.2) is 6.18 Å². The van der Waals surface area contributed by atoms with E-state index in [1.807, 2.05) is 0 Å². The number of benzene rings is 1. The zero-order valence-electron chi connectivity index (χ0n) is 6.52. The number of rotatable bonds is 1. The van der Waals surface area contributed by atoms with Crippen molar-refractivity contribution in [1.82, 2.24) is 0 Å². The molecule has 65 valence electrons. The maximum atomic E-state index is 11.8. The third-order valence-corrected chi connectivity index (χ3v) is 1.37. The molecule has 0 spiro atoms. The van der Waals surface area contributed by atoms with Crippen LogP contribution in [-0.2, 0) is 0 Å². The number of aryl methyl sites for hydroxylation is 1. The Kier molecular flexibility index (Phi) is 2.40. The Morgan fingerprint density at radius 2 is 1.92 bits per heavy atom. The van der Waals surface area contributed by atoms with Crippen molar-refractivity contribution in [3.05, 3.63) is 41.8 Å². The highest BCUT2D eigenvalue weighted by Crippen LogP contribution is 2.23. The van der Waals surface area contributed by atoms with Crippen molar-refractivity contribution in [3.63, 3.8) is 0 Å². The van der Waals surface area contributed by atoms with Crippen molar-refractivity contribution in [2.45, 2.75) is 13.1 Å². The summed E-state index contributed by atoms with van der Waals surface area (Å²) in [6, 6.07) is 6.29. The molecule has 0 aliphatic rings. The largest absolute Gasteiger partial charge is 0.396 e. The lowest BCUT2D eigenvalue weighted by Crippen LogP contribution is -2.08. The molecule has 0 unspecified atom stereocenters. The summed E-state index contributed by atoms with van der Waals surface area (Å²) in [4.78, 5) is 0. The van der Waals surface area contributed by atoms with Crippen LogP contribution >= 0.6 is 0 Å². The first-order chi connectivity index (χ1) is 5.47. The number of alkyl halides is 3. The van der Waals surface area contributed by atoms with E-state index in [2.05, 4.69) is 0 Å². The lowest BCUT2D eigenvalue weighted by atomic mass is 10.1. The minimum absolute atomic E-state index is 0.197. The maximum absolute atomic E-state index is 11.8. The summed E-state index contributed by atoms with van der Waals surface area (Å²) in [5, 5.41) is 0. The number of hydrogen-bond acceptors (Lipinski definition) is 0. The van der Waals surface area contributed by atoms with E-state index in [-0.39, 0.29) is 5.56 Å². The summed E-state index contributed by atoms with van der Waals surface area (Å²) in [6.45, 7) is 1.76. The van der Waals surface area contributed by atoms with Gasteiger partial charge in [0, 0.05) is 0 Å².